The predicted octanol–water partition coefficient (Wildman–Crippen LogP) is 2.34. The van der Waals surface area contributed by atoms with E-state index >= 15 is 0 Å². The van der Waals surface area contributed by atoms with Gasteiger partial charge in [0.1, 0.15) is 5.75 Å². The summed E-state index contributed by atoms with van der Waals surface area (Å²) in [7, 11) is -3.54. The summed E-state index contributed by atoms with van der Waals surface area (Å²) in [5.41, 5.74) is 2.77. The van der Waals surface area contributed by atoms with Crippen LogP contribution in [0.2, 0.25) is 0 Å². The van der Waals surface area contributed by atoms with Gasteiger partial charge in [0.15, 0.2) is 6.61 Å². The van der Waals surface area contributed by atoms with Crippen molar-refractivity contribution in [3.8, 4) is 5.75 Å². The van der Waals surface area contributed by atoms with Crippen LogP contribution in [0.5, 0.6) is 5.75 Å². The van der Waals surface area contributed by atoms with Gasteiger partial charge in [-0.05, 0) is 55.3 Å². The number of carbonyl (C=O) groups is 1. The summed E-state index contributed by atoms with van der Waals surface area (Å²) in [6.45, 7) is 5.20. The third-order valence-electron chi connectivity index (χ3n) is 4.47. The molecule has 1 heterocycles. The van der Waals surface area contributed by atoms with Crippen molar-refractivity contribution >= 4 is 21.6 Å². The number of sulfonamides is 1. The normalized spacial score (nSPS) is 15.2. The van der Waals surface area contributed by atoms with E-state index in [1.165, 1.54) is 16.4 Å². The Morgan fingerprint density at radius 3 is 2.46 bits per heavy atom. The fourth-order valence-electron chi connectivity index (χ4n) is 2.85. The number of anilines is 1. The first-order valence-electron chi connectivity index (χ1n) is 9.04. The number of amides is 1. The average Bonchev–Trinajstić information content (AvgIpc) is 2.70. The van der Waals surface area contributed by atoms with E-state index in [9.17, 15) is 13.2 Å². The maximum absolute atomic E-state index is 12.6. The summed E-state index contributed by atoms with van der Waals surface area (Å²) in [6.07, 6.45) is 0. The molecule has 1 saturated heterocycles. The van der Waals surface area contributed by atoms with Crippen molar-refractivity contribution in [2.75, 3.05) is 38.2 Å². The molecular formula is C20H24N2O5S. The van der Waals surface area contributed by atoms with Crippen molar-refractivity contribution in [3.05, 3.63) is 53.6 Å². The van der Waals surface area contributed by atoms with Crippen LogP contribution in [0.15, 0.2) is 47.4 Å². The van der Waals surface area contributed by atoms with E-state index in [0.29, 0.717) is 32.1 Å². The maximum Gasteiger partial charge on any atom is 0.262 e. The number of carbonyl (C=O) groups excluding carboxylic acids is 1. The summed E-state index contributed by atoms with van der Waals surface area (Å²) in [6, 6.07) is 11.9. The average molecular weight is 404 g/mol. The number of morpholine rings is 1. The summed E-state index contributed by atoms with van der Waals surface area (Å²) < 4.78 is 37.3. The SMILES string of the molecule is Cc1ccc(C)c(NC(=O)COc2ccc(S(=O)(=O)N3CCOCC3)cc2)c1. The first-order chi connectivity index (χ1) is 13.4. The van der Waals surface area contributed by atoms with E-state index in [2.05, 4.69) is 5.32 Å². The molecule has 0 atom stereocenters. The van der Waals surface area contributed by atoms with E-state index < -0.39 is 10.0 Å². The highest BCUT2D eigenvalue weighted by Gasteiger charge is 2.26. The number of ether oxygens (including phenoxy) is 2. The molecule has 3 rings (SSSR count). The Labute approximate surface area is 165 Å². The molecule has 1 aliphatic rings. The van der Waals surface area contributed by atoms with Crippen LogP contribution in [0.3, 0.4) is 0 Å². The third kappa shape index (κ3) is 4.89. The number of benzene rings is 2. The Kier molecular flexibility index (Phi) is 6.33. The molecule has 8 heteroatoms. The molecule has 1 fully saturated rings. The van der Waals surface area contributed by atoms with Crippen LogP contribution in [-0.2, 0) is 19.6 Å². The second kappa shape index (κ2) is 8.72. The smallest absolute Gasteiger partial charge is 0.262 e. The van der Waals surface area contributed by atoms with E-state index in [4.69, 9.17) is 9.47 Å². The molecule has 0 bridgehead atoms. The molecule has 1 aliphatic heterocycles. The summed E-state index contributed by atoms with van der Waals surface area (Å²) in [4.78, 5) is 12.3. The minimum Gasteiger partial charge on any atom is -0.484 e. The molecule has 1 amide bonds. The lowest BCUT2D eigenvalue weighted by atomic mass is 10.1. The van der Waals surface area contributed by atoms with Crippen molar-refractivity contribution in [1.29, 1.82) is 0 Å². The molecule has 7 nitrogen and oxygen atoms in total. The van der Waals surface area contributed by atoms with Gasteiger partial charge in [-0.25, -0.2) is 8.42 Å². The lowest BCUT2D eigenvalue weighted by molar-refractivity contribution is -0.118. The van der Waals surface area contributed by atoms with Crippen molar-refractivity contribution < 1.29 is 22.7 Å². The van der Waals surface area contributed by atoms with Crippen molar-refractivity contribution in [3.63, 3.8) is 0 Å². The largest absolute Gasteiger partial charge is 0.484 e. The number of nitrogens with one attached hydrogen (secondary N) is 1. The van der Waals surface area contributed by atoms with Gasteiger partial charge in [-0.2, -0.15) is 4.31 Å². The maximum atomic E-state index is 12.6. The lowest BCUT2D eigenvalue weighted by Crippen LogP contribution is -2.40. The molecule has 0 unspecified atom stereocenters. The standard InChI is InChI=1S/C20H24N2O5S/c1-15-3-4-16(2)19(13-15)21-20(23)14-27-17-5-7-18(8-6-17)28(24,25)22-9-11-26-12-10-22/h3-8,13H,9-12,14H2,1-2H3,(H,21,23). The first-order valence-corrected chi connectivity index (χ1v) is 10.5. The molecule has 150 valence electrons. The fourth-order valence-corrected chi connectivity index (χ4v) is 4.26. The van der Waals surface area contributed by atoms with Gasteiger partial charge in [-0.15, -0.1) is 0 Å². The molecule has 0 radical (unpaired) electrons. The van der Waals surface area contributed by atoms with E-state index in [1.807, 2.05) is 32.0 Å². The number of aryl methyl sites for hydroxylation is 2. The fraction of sp³-hybridized carbons (Fsp3) is 0.350. The molecular weight excluding hydrogens is 380 g/mol. The second-order valence-electron chi connectivity index (χ2n) is 6.64. The van der Waals surface area contributed by atoms with E-state index in [1.54, 1.807) is 12.1 Å². The first kappa shape index (κ1) is 20.3. The highest BCUT2D eigenvalue weighted by Crippen LogP contribution is 2.21. The quantitative estimate of drug-likeness (QED) is 0.799. The Hall–Kier alpha value is -2.42. The molecule has 1 N–H and O–H groups in total. The molecule has 0 aromatic heterocycles. The highest BCUT2D eigenvalue weighted by atomic mass is 32.2. The monoisotopic (exact) mass is 404 g/mol. The Morgan fingerprint density at radius 1 is 1.11 bits per heavy atom. The zero-order valence-corrected chi connectivity index (χ0v) is 16.8. The van der Waals surface area contributed by atoms with Crippen molar-refractivity contribution in [2.24, 2.45) is 0 Å². The molecule has 0 aliphatic carbocycles. The molecule has 0 spiro atoms. The highest BCUT2D eigenvalue weighted by molar-refractivity contribution is 7.89. The number of nitrogens with zero attached hydrogens (tertiary/aromatic N) is 1. The van der Waals surface area contributed by atoms with Crippen LogP contribution in [0.25, 0.3) is 0 Å². The zero-order valence-electron chi connectivity index (χ0n) is 16.0. The van der Waals surface area contributed by atoms with Crippen LogP contribution < -0.4 is 10.1 Å². The van der Waals surface area contributed by atoms with Gasteiger partial charge in [0.2, 0.25) is 10.0 Å². The van der Waals surface area contributed by atoms with Crippen LogP contribution in [0.4, 0.5) is 5.69 Å². The van der Waals surface area contributed by atoms with E-state index in [-0.39, 0.29) is 17.4 Å². The summed E-state index contributed by atoms with van der Waals surface area (Å²) >= 11 is 0. The molecule has 28 heavy (non-hydrogen) atoms. The third-order valence-corrected chi connectivity index (χ3v) is 6.38. The van der Waals surface area contributed by atoms with Gasteiger partial charge >= 0.3 is 0 Å². The number of hydrogen-bond acceptors (Lipinski definition) is 5. The van der Waals surface area contributed by atoms with Crippen molar-refractivity contribution in [2.45, 2.75) is 18.7 Å². The minimum atomic E-state index is -3.54. The van der Waals surface area contributed by atoms with Crippen LogP contribution in [0.1, 0.15) is 11.1 Å². The van der Waals surface area contributed by atoms with Crippen LogP contribution in [0, 0.1) is 13.8 Å². The Balaban J connectivity index is 1.58. The molecule has 2 aromatic rings. The van der Waals surface area contributed by atoms with Gasteiger partial charge in [0, 0.05) is 18.8 Å². The number of rotatable bonds is 6. The zero-order chi connectivity index (χ0) is 20.1. The van der Waals surface area contributed by atoms with Gasteiger partial charge < -0.3 is 14.8 Å². The Morgan fingerprint density at radius 2 is 1.79 bits per heavy atom. The molecule has 0 saturated carbocycles. The second-order valence-corrected chi connectivity index (χ2v) is 8.58. The van der Waals surface area contributed by atoms with Crippen LogP contribution in [-0.4, -0.2) is 51.5 Å². The summed E-state index contributed by atoms with van der Waals surface area (Å²) in [5, 5.41) is 2.82. The van der Waals surface area contributed by atoms with Crippen LogP contribution >= 0.6 is 0 Å². The molecule has 2 aromatic carbocycles. The Bertz CT molecular complexity index is 936. The van der Waals surface area contributed by atoms with Gasteiger partial charge in [-0.1, -0.05) is 12.1 Å². The lowest BCUT2D eigenvalue weighted by Gasteiger charge is -2.26. The van der Waals surface area contributed by atoms with Gasteiger partial charge in [-0.3, -0.25) is 4.79 Å². The predicted molar refractivity (Wildman–Crippen MR) is 106 cm³/mol. The summed E-state index contributed by atoms with van der Waals surface area (Å²) in [5.74, 6) is 0.149. The van der Waals surface area contributed by atoms with Gasteiger partial charge in [0.25, 0.3) is 5.91 Å². The van der Waals surface area contributed by atoms with Crippen molar-refractivity contribution in [1.82, 2.24) is 4.31 Å². The minimum absolute atomic E-state index is 0.164. The number of hydrogen-bond donors (Lipinski definition) is 1. The van der Waals surface area contributed by atoms with Gasteiger partial charge in [0.05, 0.1) is 18.1 Å². The topological polar surface area (TPSA) is 84.9 Å². The van der Waals surface area contributed by atoms with E-state index in [0.717, 1.165) is 16.8 Å².